The number of hydrogen-bond acceptors (Lipinski definition) is 6. The van der Waals surface area contributed by atoms with Crippen molar-refractivity contribution in [3.8, 4) is 11.5 Å². The molecular weight excluding hydrogens is 370 g/mol. The number of carbonyl (C=O) groups is 1. The van der Waals surface area contributed by atoms with E-state index in [0.717, 1.165) is 38.5 Å². The van der Waals surface area contributed by atoms with Gasteiger partial charge in [0.05, 0.1) is 19.4 Å². The molecule has 0 atom stereocenters. The van der Waals surface area contributed by atoms with Crippen molar-refractivity contribution >= 4 is 17.5 Å². The Morgan fingerprint density at radius 1 is 1.03 bits per heavy atom. The largest absolute Gasteiger partial charge is 0.497 e. The number of rotatable bonds is 8. The van der Waals surface area contributed by atoms with Crippen LogP contribution in [0.15, 0.2) is 48.5 Å². The molecule has 0 radical (unpaired) electrons. The van der Waals surface area contributed by atoms with Crippen LogP contribution in [0.3, 0.4) is 0 Å². The quantitative estimate of drug-likeness (QED) is 0.733. The van der Waals surface area contributed by atoms with Crippen LogP contribution in [0.25, 0.3) is 0 Å². The Labute approximate surface area is 172 Å². The molecule has 156 valence electrons. The Morgan fingerprint density at radius 3 is 2.45 bits per heavy atom. The molecule has 1 N–H and O–H groups in total. The molecule has 0 spiro atoms. The van der Waals surface area contributed by atoms with E-state index in [-0.39, 0.29) is 0 Å². The number of anilines is 2. The molecule has 0 unspecified atom stereocenters. The van der Waals surface area contributed by atoms with Gasteiger partial charge in [0.1, 0.15) is 18.1 Å². The lowest BCUT2D eigenvalue weighted by Gasteiger charge is -2.36. The molecule has 0 saturated carbocycles. The molecule has 29 heavy (non-hydrogen) atoms. The second kappa shape index (κ2) is 10.6. The highest BCUT2D eigenvalue weighted by molar-refractivity contribution is 5.86. The monoisotopic (exact) mass is 399 g/mol. The average Bonchev–Trinajstić information content (AvgIpc) is 2.76. The van der Waals surface area contributed by atoms with Gasteiger partial charge < -0.3 is 19.1 Å². The van der Waals surface area contributed by atoms with Crippen LogP contribution in [0, 0.1) is 0 Å². The van der Waals surface area contributed by atoms with Gasteiger partial charge in [-0.05, 0) is 43.3 Å². The molecule has 7 heteroatoms. The summed E-state index contributed by atoms with van der Waals surface area (Å²) in [6.07, 6.45) is -0.464. The Bertz CT molecular complexity index is 774. The first-order valence-corrected chi connectivity index (χ1v) is 9.96. The second-order valence-electron chi connectivity index (χ2n) is 6.72. The summed E-state index contributed by atoms with van der Waals surface area (Å²) < 4.78 is 16.1. The van der Waals surface area contributed by atoms with Crippen molar-refractivity contribution in [2.24, 2.45) is 0 Å². The number of hydrogen-bond donors (Lipinski definition) is 1. The smallest absolute Gasteiger partial charge is 0.411 e. The van der Waals surface area contributed by atoms with Gasteiger partial charge >= 0.3 is 6.09 Å². The summed E-state index contributed by atoms with van der Waals surface area (Å²) in [5.74, 6) is 1.51. The van der Waals surface area contributed by atoms with Crippen molar-refractivity contribution in [2.75, 3.05) is 63.3 Å². The van der Waals surface area contributed by atoms with Crippen molar-refractivity contribution < 1.29 is 19.0 Å². The molecule has 1 saturated heterocycles. The number of para-hydroxylation sites is 2. The predicted molar refractivity (Wildman–Crippen MR) is 114 cm³/mol. The molecule has 3 rings (SSSR count). The van der Waals surface area contributed by atoms with Crippen molar-refractivity contribution in [3.05, 3.63) is 48.5 Å². The van der Waals surface area contributed by atoms with E-state index in [1.54, 1.807) is 13.2 Å². The maximum absolute atomic E-state index is 12.1. The maximum Gasteiger partial charge on any atom is 0.411 e. The number of nitrogens with one attached hydrogen (secondary N) is 1. The molecule has 1 amide bonds. The fourth-order valence-corrected chi connectivity index (χ4v) is 3.29. The third kappa shape index (κ3) is 6.02. The normalized spacial score (nSPS) is 14.3. The zero-order chi connectivity index (χ0) is 20.5. The third-order valence-corrected chi connectivity index (χ3v) is 4.87. The summed E-state index contributed by atoms with van der Waals surface area (Å²) in [6.45, 7) is 7.27. The molecule has 2 aromatic carbocycles. The number of amides is 1. The van der Waals surface area contributed by atoms with Crippen molar-refractivity contribution in [1.82, 2.24) is 4.90 Å². The van der Waals surface area contributed by atoms with E-state index in [2.05, 4.69) is 27.2 Å². The van der Waals surface area contributed by atoms with Crippen LogP contribution in [0.2, 0.25) is 0 Å². The number of methoxy groups -OCH3 is 1. The first-order chi connectivity index (χ1) is 14.2. The SMILES string of the molecule is CCOc1ccccc1NC(=O)OCCN1CCN(c2ccc(OC)cc2)CC1. The zero-order valence-electron chi connectivity index (χ0n) is 17.1. The Kier molecular flexibility index (Phi) is 7.58. The summed E-state index contributed by atoms with van der Waals surface area (Å²) in [5, 5.41) is 2.75. The number of carbonyl (C=O) groups excluding carboxylic acids is 1. The zero-order valence-corrected chi connectivity index (χ0v) is 17.1. The first-order valence-electron chi connectivity index (χ1n) is 9.96. The molecule has 0 bridgehead atoms. The summed E-state index contributed by atoms with van der Waals surface area (Å²) >= 11 is 0. The lowest BCUT2D eigenvalue weighted by Crippen LogP contribution is -2.47. The minimum Gasteiger partial charge on any atom is -0.497 e. The Balaban J connectivity index is 1.37. The van der Waals surface area contributed by atoms with Gasteiger partial charge in [0.15, 0.2) is 0 Å². The average molecular weight is 399 g/mol. The Hall–Kier alpha value is -2.93. The van der Waals surface area contributed by atoms with Gasteiger partial charge in [-0.25, -0.2) is 4.79 Å². The van der Waals surface area contributed by atoms with Gasteiger partial charge in [-0.1, -0.05) is 12.1 Å². The van der Waals surface area contributed by atoms with Crippen LogP contribution in [0.5, 0.6) is 11.5 Å². The van der Waals surface area contributed by atoms with Crippen LogP contribution in [0.1, 0.15) is 6.92 Å². The molecule has 0 aromatic heterocycles. The highest BCUT2D eigenvalue weighted by Crippen LogP contribution is 2.24. The molecule has 7 nitrogen and oxygen atoms in total. The van der Waals surface area contributed by atoms with Gasteiger partial charge in [-0.2, -0.15) is 0 Å². The van der Waals surface area contributed by atoms with Gasteiger partial charge in [-0.15, -0.1) is 0 Å². The fourth-order valence-electron chi connectivity index (χ4n) is 3.29. The van der Waals surface area contributed by atoms with E-state index < -0.39 is 6.09 Å². The third-order valence-electron chi connectivity index (χ3n) is 4.87. The lowest BCUT2D eigenvalue weighted by atomic mass is 10.2. The number of nitrogens with zero attached hydrogens (tertiary/aromatic N) is 2. The second-order valence-corrected chi connectivity index (χ2v) is 6.72. The molecule has 2 aromatic rings. The van der Waals surface area contributed by atoms with Gasteiger partial charge in [-0.3, -0.25) is 10.2 Å². The van der Waals surface area contributed by atoms with Crippen LogP contribution in [-0.4, -0.2) is 64.0 Å². The maximum atomic E-state index is 12.1. The minimum atomic E-state index is -0.464. The van der Waals surface area contributed by atoms with E-state index >= 15 is 0 Å². The highest BCUT2D eigenvalue weighted by atomic mass is 16.5. The lowest BCUT2D eigenvalue weighted by molar-refractivity contribution is 0.137. The van der Waals surface area contributed by atoms with Gasteiger partial charge in [0.2, 0.25) is 0 Å². The molecule has 0 aliphatic carbocycles. The molecule has 1 heterocycles. The van der Waals surface area contributed by atoms with Gasteiger partial charge in [0.25, 0.3) is 0 Å². The van der Waals surface area contributed by atoms with Crippen molar-refractivity contribution in [1.29, 1.82) is 0 Å². The summed E-state index contributed by atoms with van der Waals surface area (Å²) in [7, 11) is 1.67. The minimum absolute atomic E-state index is 0.352. The molecule has 1 aliphatic rings. The first kappa shape index (κ1) is 20.8. The van der Waals surface area contributed by atoms with Crippen LogP contribution in [0.4, 0.5) is 16.2 Å². The van der Waals surface area contributed by atoms with Crippen LogP contribution >= 0.6 is 0 Å². The molecular formula is C22H29N3O4. The van der Waals surface area contributed by atoms with Crippen molar-refractivity contribution in [2.45, 2.75) is 6.92 Å². The summed E-state index contributed by atoms with van der Waals surface area (Å²) in [6, 6.07) is 15.5. The van der Waals surface area contributed by atoms with Crippen LogP contribution < -0.4 is 19.7 Å². The molecule has 1 aliphatic heterocycles. The standard InChI is InChI=1S/C22H29N3O4/c1-3-28-21-7-5-4-6-20(21)23-22(26)29-17-16-24-12-14-25(15-13-24)18-8-10-19(27-2)11-9-18/h4-11H,3,12-17H2,1-2H3,(H,23,26). The number of piperazine rings is 1. The predicted octanol–water partition coefficient (Wildman–Crippen LogP) is 3.46. The van der Waals surface area contributed by atoms with E-state index in [9.17, 15) is 4.79 Å². The Morgan fingerprint density at radius 2 is 1.76 bits per heavy atom. The van der Waals surface area contributed by atoms with Gasteiger partial charge in [0, 0.05) is 38.4 Å². The summed E-state index contributed by atoms with van der Waals surface area (Å²) in [5.41, 5.74) is 1.82. The van der Waals surface area contributed by atoms with E-state index in [1.807, 2.05) is 37.3 Å². The van der Waals surface area contributed by atoms with E-state index in [0.29, 0.717) is 24.7 Å². The highest BCUT2D eigenvalue weighted by Gasteiger charge is 2.17. The summed E-state index contributed by atoms with van der Waals surface area (Å²) in [4.78, 5) is 16.7. The topological polar surface area (TPSA) is 63.3 Å². The molecule has 1 fully saturated rings. The van der Waals surface area contributed by atoms with E-state index in [1.165, 1.54) is 5.69 Å². The number of benzene rings is 2. The number of ether oxygens (including phenoxy) is 3. The van der Waals surface area contributed by atoms with E-state index in [4.69, 9.17) is 14.2 Å². The fraction of sp³-hybridized carbons (Fsp3) is 0.409. The van der Waals surface area contributed by atoms with Crippen molar-refractivity contribution in [3.63, 3.8) is 0 Å². The van der Waals surface area contributed by atoms with Crippen LogP contribution in [-0.2, 0) is 4.74 Å².